The average Bonchev–Trinajstić information content (AvgIpc) is 3.25. The fraction of sp³-hybridized carbons (Fsp3) is 0.391. The van der Waals surface area contributed by atoms with Crippen LogP contribution in [0.15, 0.2) is 24.3 Å². The van der Waals surface area contributed by atoms with Gasteiger partial charge in [0.05, 0.1) is 12.7 Å². The lowest BCUT2D eigenvalue weighted by Gasteiger charge is -2.27. The Hall–Kier alpha value is -3.27. The lowest BCUT2D eigenvalue weighted by molar-refractivity contribution is -0.192. The lowest BCUT2D eigenvalue weighted by atomic mass is 10.0. The summed E-state index contributed by atoms with van der Waals surface area (Å²) in [5.74, 6) is -3.02. The van der Waals surface area contributed by atoms with E-state index in [1.165, 1.54) is 34.8 Å². The van der Waals surface area contributed by atoms with Gasteiger partial charge in [0.1, 0.15) is 0 Å². The van der Waals surface area contributed by atoms with Crippen LogP contribution in [0, 0.1) is 13.8 Å². The molecule has 1 aromatic carbocycles. The van der Waals surface area contributed by atoms with Crippen LogP contribution in [-0.2, 0) is 36.1 Å². The Morgan fingerprint density at radius 2 is 1.88 bits per heavy atom. The fourth-order valence-corrected chi connectivity index (χ4v) is 3.98. The zero-order valence-electron chi connectivity index (χ0n) is 18.8. The molecule has 0 atom stereocenters. The van der Waals surface area contributed by atoms with Crippen molar-refractivity contribution in [1.29, 1.82) is 0 Å². The second-order valence-electron chi connectivity index (χ2n) is 8.08. The monoisotopic (exact) mass is 465 g/mol. The smallest absolute Gasteiger partial charge is 0.475 e. The van der Waals surface area contributed by atoms with E-state index in [0.29, 0.717) is 5.56 Å². The van der Waals surface area contributed by atoms with E-state index in [2.05, 4.69) is 39.6 Å². The van der Waals surface area contributed by atoms with Crippen molar-refractivity contribution >= 4 is 22.8 Å². The molecule has 0 aliphatic carbocycles. The number of carboxylic acid groups (broad SMARTS) is 1. The second kappa shape index (κ2) is 9.30. The number of aliphatic carboxylic acids is 1. The summed E-state index contributed by atoms with van der Waals surface area (Å²) < 4.78 is 38.7. The maximum Gasteiger partial charge on any atom is 0.490 e. The van der Waals surface area contributed by atoms with Crippen molar-refractivity contribution in [3.63, 3.8) is 0 Å². The summed E-state index contributed by atoms with van der Waals surface area (Å²) in [6, 6.07) is 8.58. The van der Waals surface area contributed by atoms with Crippen LogP contribution in [0.3, 0.4) is 0 Å². The number of rotatable bonds is 3. The first-order chi connectivity index (χ1) is 15.4. The van der Waals surface area contributed by atoms with Gasteiger partial charge in [0, 0.05) is 61.1 Å². The second-order valence-corrected chi connectivity index (χ2v) is 8.08. The molecule has 178 valence electrons. The summed E-state index contributed by atoms with van der Waals surface area (Å²) in [5, 5.41) is 8.46. The first-order valence-corrected chi connectivity index (χ1v) is 10.3. The molecule has 1 aliphatic heterocycles. The first-order valence-electron chi connectivity index (χ1n) is 10.3. The highest BCUT2D eigenvalue weighted by atomic mass is 19.4. The minimum atomic E-state index is -5.08. The van der Waals surface area contributed by atoms with Crippen molar-refractivity contribution in [3.8, 4) is 0 Å². The van der Waals surface area contributed by atoms with Crippen LogP contribution in [0.5, 0.6) is 0 Å². The number of aromatic amines is 1. The molecule has 2 N–H and O–H groups in total. The Bertz CT molecular complexity index is 1190. The summed E-state index contributed by atoms with van der Waals surface area (Å²) in [6.45, 7) is 6.87. The van der Waals surface area contributed by atoms with Gasteiger partial charge in [-0.3, -0.25) is 4.90 Å². The number of halogens is 3. The van der Waals surface area contributed by atoms with Gasteiger partial charge in [0.2, 0.25) is 0 Å². The molecule has 3 aromatic rings. The number of benzene rings is 1. The van der Waals surface area contributed by atoms with E-state index in [-0.39, 0.29) is 5.97 Å². The Morgan fingerprint density at radius 1 is 1.21 bits per heavy atom. The lowest BCUT2D eigenvalue weighted by Crippen LogP contribution is -2.30. The predicted molar refractivity (Wildman–Crippen MR) is 116 cm³/mol. The number of alkyl halides is 3. The number of ether oxygens (including phenoxy) is 1. The van der Waals surface area contributed by atoms with Crippen LogP contribution < -0.4 is 0 Å². The molecule has 0 saturated carbocycles. The average molecular weight is 465 g/mol. The summed E-state index contributed by atoms with van der Waals surface area (Å²) >= 11 is 0. The number of nitrogens with one attached hydrogen (secondary N) is 1. The van der Waals surface area contributed by atoms with Gasteiger partial charge < -0.3 is 19.4 Å². The molecule has 1 aliphatic rings. The number of H-pyrrole nitrogens is 1. The Morgan fingerprint density at radius 3 is 2.48 bits per heavy atom. The standard InChI is InChI=1S/C21H25N3O2.C2HF3O2/c1-13-5-6-19-17(9-13)18-12-24(8-7-20(18)22-19)11-15-10-16(21(25)26-4)14(2)23(15)3;3-2(4,5)1(6)7/h5-6,9-10,22H,7-8,11-12H2,1-4H3;(H,6,7). The molecular weight excluding hydrogens is 439 g/mol. The predicted octanol–water partition coefficient (Wildman–Crippen LogP) is 4.10. The van der Waals surface area contributed by atoms with Crippen molar-refractivity contribution in [1.82, 2.24) is 14.5 Å². The summed E-state index contributed by atoms with van der Waals surface area (Å²) in [5.41, 5.74) is 8.04. The van der Waals surface area contributed by atoms with E-state index >= 15 is 0 Å². The van der Waals surface area contributed by atoms with E-state index in [4.69, 9.17) is 14.6 Å². The molecule has 0 unspecified atom stereocenters. The largest absolute Gasteiger partial charge is 0.490 e. The van der Waals surface area contributed by atoms with Crippen LogP contribution in [-0.4, -0.2) is 51.3 Å². The highest BCUT2D eigenvalue weighted by Gasteiger charge is 2.38. The molecule has 0 radical (unpaired) electrons. The molecule has 2 aromatic heterocycles. The van der Waals surface area contributed by atoms with E-state index in [9.17, 15) is 18.0 Å². The molecule has 10 heteroatoms. The zero-order valence-corrected chi connectivity index (χ0v) is 18.8. The molecule has 7 nitrogen and oxygen atoms in total. The number of carbonyl (C=O) groups excluding carboxylic acids is 1. The SMILES string of the molecule is COC(=O)c1cc(CN2CCc3[nH]c4ccc(C)cc4c3C2)n(C)c1C.O=C(O)C(F)(F)F. The number of hydrogen-bond donors (Lipinski definition) is 2. The molecule has 0 bridgehead atoms. The van der Waals surface area contributed by atoms with Gasteiger partial charge in [-0.05, 0) is 37.6 Å². The van der Waals surface area contributed by atoms with Gasteiger partial charge in [0.15, 0.2) is 0 Å². The summed E-state index contributed by atoms with van der Waals surface area (Å²) in [4.78, 5) is 26.9. The highest BCUT2D eigenvalue weighted by Crippen LogP contribution is 2.29. The molecule has 4 rings (SSSR count). The number of aryl methyl sites for hydroxylation is 1. The number of aromatic nitrogens is 2. The van der Waals surface area contributed by atoms with Gasteiger partial charge in [-0.1, -0.05) is 11.6 Å². The van der Waals surface area contributed by atoms with E-state index in [1.807, 2.05) is 20.0 Å². The Balaban J connectivity index is 0.000000383. The number of carbonyl (C=O) groups is 2. The molecule has 0 saturated heterocycles. The number of hydrogen-bond acceptors (Lipinski definition) is 4. The Kier molecular flexibility index (Phi) is 6.87. The first kappa shape index (κ1) is 24.4. The maximum atomic E-state index is 11.9. The van der Waals surface area contributed by atoms with Crippen molar-refractivity contribution in [2.24, 2.45) is 7.05 Å². The summed E-state index contributed by atoms with van der Waals surface area (Å²) in [7, 11) is 3.45. The van der Waals surface area contributed by atoms with Gasteiger partial charge in [0.25, 0.3) is 0 Å². The van der Waals surface area contributed by atoms with Gasteiger partial charge in [-0.25, -0.2) is 9.59 Å². The fourth-order valence-electron chi connectivity index (χ4n) is 3.98. The molecule has 0 fully saturated rings. The van der Waals surface area contributed by atoms with Gasteiger partial charge in [-0.2, -0.15) is 13.2 Å². The molecule has 0 amide bonds. The zero-order chi connectivity index (χ0) is 24.5. The van der Waals surface area contributed by atoms with Crippen LogP contribution in [0.1, 0.15) is 38.6 Å². The topological polar surface area (TPSA) is 87.6 Å². The van der Waals surface area contributed by atoms with Crippen molar-refractivity contribution < 1.29 is 32.6 Å². The van der Waals surface area contributed by atoms with Gasteiger partial charge in [-0.15, -0.1) is 0 Å². The molecule has 3 heterocycles. The van der Waals surface area contributed by atoms with Crippen molar-refractivity contribution in [2.75, 3.05) is 13.7 Å². The van der Waals surface area contributed by atoms with Crippen molar-refractivity contribution in [3.05, 3.63) is 58.0 Å². The van der Waals surface area contributed by atoms with Gasteiger partial charge >= 0.3 is 18.1 Å². The van der Waals surface area contributed by atoms with E-state index in [0.717, 1.165) is 37.4 Å². The third-order valence-electron chi connectivity index (χ3n) is 5.88. The summed E-state index contributed by atoms with van der Waals surface area (Å²) in [6.07, 6.45) is -4.06. The molecule has 33 heavy (non-hydrogen) atoms. The van der Waals surface area contributed by atoms with E-state index < -0.39 is 12.1 Å². The van der Waals surface area contributed by atoms with Crippen LogP contribution in [0.2, 0.25) is 0 Å². The maximum absolute atomic E-state index is 11.9. The minimum absolute atomic E-state index is 0.266. The normalized spacial score (nSPS) is 13.9. The number of fused-ring (bicyclic) bond motifs is 3. The Labute approximate surface area is 188 Å². The van der Waals surface area contributed by atoms with Crippen molar-refractivity contribution in [2.45, 2.75) is 39.5 Å². The van der Waals surface area contributed by atoms with Crippen LogP contribution in [0.4, 0.5) is 13.2 Å². The number of esters is 1. The quantitative estimate of drug-likeness (QED) is 0.569. The number of methoxy groups -OCH3 is 1. The highest BCUT2D eigenvalue weighted by molar-refractivity contribution is 5.91. The van der Waals surface area contributed by atoms with Crippen LogP contribution in [0.25, 0.3) is 10.9 Å². The van der Waals surface area contributed by atoms with Crippen LogP contribution >= 0.6 is 0 Å². The third kappa shape index (κ3) is 5.22. The number of carboxylic acids is 1. The molecule has 0 spiro atoms. The number of nitrogens with zero attached hydrogens (tertiary/aromatic N) is 2. The van der Waals surface area contributed by atoms with E-state index in [1.54, 1.807) is 0 Å². The minimum Gasteiger partial charge on any atom is -0.475 e. The third-order valence-corrected chi connectivity index (χ3v) is 5.88. The molecular formula is C23H26F3N3O4.